The number of amides is 1. The molecule has 0 N–H and O–H groups in total. The highest BCUT2D eigenvalue weighted by atomic mass is 16.2. The zero-order valence-electron chi connectivity index (χ0n) is 17.0. The van der Waals surface area contributed by atoms with Crippen molar-refractivity contribution in [2.24, 2.45) is 0 Å². The zero-order chi connectivity index (χ0) is 19.5. The van der Waals surface area contributed by atoms with Gasteiger partial charge in [0.05, 0.1) is 0 Å². The standard InChI is InChI=1S/C23H30N4O/c1-17(19-7-4-3-5-8-19)14-26-12-10-22-21(15-26)13-24-23(25-22)20-9-6-11-27(16-20)18(2)28/h3-5,7-8,13,17,20H,6,9-12,14-16H2,1-2H3/t17-,20-/m0/s1. The summed E-state index contributed by atoms with van der Waals surface area (Å²) in [7, 11) is 0. The van der Waals surface area contributed by atoms with Crippen LogP contribution < -0.4 is 0 Å². The molecule has 0 aliphatic carbocycles. The molecular weight excluding hydrogens is 348 g/mol. The minimum atomic E-state index is 0.158. The molecule has 2 atom stereocenters. The number of carbonyl (C=O) groups excluding carboxylic acids is 1. The highest BCUT2D eigenvalue weighted by Crippen LogP contribution is 2.27. The van der Waals surface area contributed by atoms with Crippen LogP contribution in [0.25, 0.3) is 0 Å². The van der Waals surface area contributed by atoms with Gasteiger partial charge in [-0.15, -0.1) is 0 Å². The highest BCUT2D eigenvalue weighted by molar-refractivity contribution is 5.73. The van der Waals surface area contributed by atoms with Crippen LogP contribution in [0.15, 0.2) is 36.5 Å². The Bertz CT molecular complexity index is 823. The quantitative estimate of drug-likeness (QED) is 0.819. The van der Waals surface area contributed by atoms with Gasteiger partial charge in [0.1, 0.15) is 5.82 Å². The van der Waals surface area contributed by atoms with E-state index in [1.54, 1.807) is 6.92 Å². The van der Waals surface area contributed by atoms with E-state index in [-0.39, 0.29) is 11.8 Å². The van der Waals surface area contributed by atoms with Gasteiger partial charge in [0.15, 0.2) is 0 Å². The summed E-state index contributed by atoms with van der Waals surface area (Å²) < 4.78 is 0. The van der Waals surface area contributed by atoms with Crippen molar-refractivity contribution >= 4 is 5.91 Å². The summed E-state index contributed by atoms with van der Waals surface area (Å²) in [5, 5.41) is 0. The van der Waals surface area contributed by atoms with Crippen LogP contribution in [0, 0.1) is 0 Å². The summed E-state index contributed by atoms with van der Waals surface area (Å²) in [6.07, 6.45) is 5.12. The number of aromatic nitrogens is 2. The number of nitrogens with zero attached hydrogens (tertiary/aromatic N) is 4. The first-order chi connectivity index (χ1) is 13.6. The van der Waals surface area contributed by atoms with Crippen molar-refractivity contribution in [3.05, 3.63) is 59.2 Å². The first-order valence-electron chi connectivity index (χ1n) is 10.5. The molecule has 5 heteroatoms. The number of fused-ring (bicyclic) bond motifs is 1. The molecule has 2 aliphatic heterocycles. The third-order valence-electron chi connectivity index (χ3n) is 6.16. The molecule has 4 rings (SSSR count). The molecule has 0 spiro atoms. The lowest BCUT2D eigenvalue weighted by molar-refractivity contribution is -0.130. The summed E-state index contributed by atoms with van der Waals surface area (Å²) >= 11 is 0. The minimum Gasteiger partial charge on any atom is -0.342 e. The Morgan fingerprint density at radius 1 is 1.25 bits per heavy atom. The van der Waals surface area contributed by atoms with Crippen molar-refractivity contribution < 1.29 is 4.79 Å². The van der Waals surface area contributed by atoms with E-state index >= 15 is 0 Å². The SMILES string of the molecule is CC(=O)N1CCC[C@H](c2ncc3c(n2)CCN(C[C@H](C)c2ccccc2)C3)C1. The van der Waals surface area contributed by atoms with E-state index in [4.69, 9.17) is 9.97 Å². The molecule has 2 aromatic rings. The molecule has 1 saturated heterocycles. The van der Waals surface area contributed by atoms with Crippen molar-refractivity contribution in [1.29, 1.82) is 0 Å². The van der Waals surface area contributed by atoms with Gasteiger partial charge in [-0.05, 0) is 24.3 Å². The molecule has 28 heavy (non-hydrogen) atoms. The topological polar surface area (TPSA) is 49.3 Å². The van der Waals surface area contributed by atoms with Gasteiger partial charge >= 0.3 is 0 Å². The molecule has 1 fully saturated rings. The van der Waals surface area contributed by atoms with Gasteiger partial charge in [-0.1, -0.05) is 37.3 Å². The molecule has 0 bridgehead atoms. The van der Waals surface area contributed by atoms with Gasteiger partial charge in [-0.25, -0.2) is 9.97 Å². The van der Waals surface area contributed by atoms with Crippen molar-refractivity contribution in [2.45, 2.75) is 51.5 Å². The van der Waals surface area contributed by atoms with Gasteiger partial charge in [-0.2, -0.15) is 0 Å². The van der Waals surface area contributed by atoms with E-state index < -0.39 is 0 Å². The number of rotatable bonds is 4. The molecule has 1 aromatic heterocycles. The van der Waals surface area contributed by atoms with E-state index in [1.807, 2.05) is 11.1 Å². The summed E-state index contributed by atoms with van der Waals surface area (Å²) in [4.78, 5) is 25.8. The summed E-state index contributed by atoms with van der Waals surface area (Å²) in [6, 6.07) is 10.7. The van der Waals surface area contributed by atoms with Crippen LogP contribution in [0.5, 0.6) is 0 Å². The molecule has 148 valence electrons. The number of hydrogen-bond donors (Lipinski definition) is 0. The Labute approximate surface area is 167 Å². The fourth-order valence-corrected chi connectivity index (χ4v) is 4.49. The molecule has 0 unspecified atom stereocenters. The smallest absolute Gasteiger partial charge is 0.219 e. The average molecular weight is 379 g/mol. The van der Waals surface area contributed by atoms with Crippen LogP contribution in [0.2, 0.25) is 0 Å². The summed E-state index contributed by atoms with van der Waals surface area (Å²) in [5.41, 5.74) is 3.86. The monoisotopic (exact) mass is 378 g/mol. The first-order valence-corrected chi connectivity index (χ1v) is 10.5. The number of piperidine rings is 1. The van der Waals surface area contributed by atoms with Crippen molar-refractivity contribution in [1.82, 2.24) is 19.8 Å². The van der Waals surface area contributed by atoms with E-state index in [0.717, 1.165) is 57.8 Å². The molecule has 1 aromatic carbocycles. The predicted octanol–water partition coefficient (Wildman–Crippen LogP) is 3.36. The lowest BCUT2D eigenvalue weighted by Crippen LogP contribution is -2.38. The maximum Gasteiger partial charge on any atom is 0.219 e. The molecule has 2 aliphatic rings. The third-order valence-corrected chi connectivity index (χ3v) is 6.16. The molecule has 1 amide bonds. The van der Waals surface area contributed by atoms with Gasteiger partial charge in [0, 0.05) is 69.4 Å². The first kappa shape index (κ1) is 19.1. The van der Waals surface area contributed by atoms with Crippen LogP contribution in [-0.2, 0) is 17.8 Å². The number of hydrogen-bond acceptors (Lipinski definition) is 4. The zero-order valence-corrected chi connectivity index (χ0v) is 17.0. The van der Waals surface area contributed by atoms with E-state index in [1.165, 1.54) is 16.8 Å². The van der Waals surface area contributed by atoms with Crippen molar-refractivity contribution in [3.8, 4) is 0 Å². The Morgan fingerprint density at radius 3 is 2.86 bits per heavy atom. The van der Waals surface area contributed by atoms with Crippen molar-refractivity contribution in [3.63, 3.8) is 0 Å². The minimum absolute atomic E-state index is 0.158. The second kappa shape index (κ2) is 8.39. The van der Waals surface area contributed by atoms with Gasteiger partial charge in [0.25, 0.3) is 0 Å². The maximum absolute atomic E-state index is 11.7. The van der Waals surface area contributed by atoms with Gasteiger partial charge < -0.3 is 4.90 Å². The van der Waals surface area contributed by atoms with Crippen molar-refractivity contribution in [2.75, 3.05) is 26.2 Å². The molecule has 3 heterocycles. The fraction of sp³-hybridized carbons (Fsp3) is 0.522. The van der Waals surface area contributed by atoms with Gasteiger partial charge in [-0.3, -0.25) is 9.69 Å². The van der Waals surface area contributed by atoms with Crippen LogP contribution in [-0.4, -0.2) is 51.9 Å². The average Bonchev–Trinajstić information content (AvgIpc) is 2.74. The highest BCUT2D eigenvalue weighted by Gasteiger charge is 2.27. The maximum atomic E-state index is 11.7. The molecule has 0 radical (unpaired) electrons. The molecule has 5 nitrogen and oxygen atoms in total. The van der Waals surface area contributed by atoms with Gasteiger partial charge in [0.2, 0.25) is 5.91 Å². The third kappa shape index (κ3) is 4.25. The lowest BCUT2D eigenvalue weighted by atomic mass is 9.96. The van der Waals surface area contributed by atoms with Crippen LogP contribution >= 0.6 is 0 Å². The summed E-state index contributed by atoms with van der Waals surface area (Å²) in [5.74, 6) is 1.88. The normalized spacial score (nSPS) is 21.2. The lowest BCUT2D eigenvalue weighted by Gasteiger charge is -2.33. The second-order valence-electron chi connectivity index (χ2n) is 8.30. The second-order valence-corrected chi connectivity index (χ2v) is 8.30. The number of likely N-dealkylation sites (tertiary alicyclic amines) is 1. The van der Waals surface area contributed by atoms with E-state index in [2.05, 4.69) is 42.2 Å². The predicted molar refractivity (Wildman–Crippen MR) is 110 cm³/mol. The van der Waals surface area contributed by atoms with E-state index in [9.17, 15) is 4.79 Å². The Hall–Kier alpha value is -2.27. The molecular formula is C23H30N4O. The number of carbonyl (C=O) groups is 1. The largest absolute Gasteiger partial charge is 0.342 e. The van der Waals surface area contributed by atoms with Crippen LogP contribution in [0.3, 0.4) is 0 Å². The Morgan fingerprint density at radius 2 is 2.07 bits per heavy atom. The van der Waals surface area contributed by atoms with Crippen LogP contribution in [0.4, 0.5) is 0 Å². The fourth-order valence-electron chi connectivity index (χ4n) is 4.49. The molecule has 0 saturated carbocycles. The Balaban J connectivity index is 1.41. The summed E-state index contributed by atoms with van der Waals surface area (Å²) in [6.45, 7) is 8.61. The number of benzene rings is 1. The Kier molecular flexibility index (Phi) is 5.72. The van der Waals surface area contributed by atoms with Crippen LogP contribution in [0.1, 0.15) is 61.2 Å². The van der Waals surface area contributed by atoms with E-state index in [0.29, 0.717) is 5.92 Å².